The molecule has 5 aliphatic rings. The van der Waals surface area contributed by atoms with Crippen molar-refractivity contribution < 1.29 is 73.5 Å². The number of cyclic esters (lactones) is 1. The molecule has 23 heteroatoms. The maximum absolute atomic E-state index is 16.8. The Hall–Kier alpha value is -4.71. The van der Waals surface area contributed by atoms with Gasteiger partial charge in [0.2, 0.25) is 0 Å². The minimum atomic E-state index is -4.76. The Morgan fingerprint density at radius 2 is 1.79 bits per heavy atom. The Balaban J connectivity index is 1.20. The number of halogens is 6. The first-order valence-electron chi connectivity index (χ1n) is 25.3. The quantitative estimate of drug-likeness (QED) is 0.120. The van der Waals surface area contributed by atoms with Crippen LogP contribution in [0.4, 0.5) is 27.6 Å². The molecule has 6 atom stereocenters. The number of alkyl halides is 5. The van der Waals surface area contributed by atoms with E-state index in [-0.39, 0.29) is 73.4 Å². The van der Waals surface area contributed by atoms with Crippen LogP contribution in [-0.4, -0.2) is 155 Å². The molecular weight excluding hydrogens is 1180 g/mol. The molecule has 8 rings (SSSR count). The van der Waals surface area contributed by atoms with Gasteiger partial charge in [-0.3, -0.25) is 4.98 Å². The summed E-state index contributed by atoms with van der Waals surface area (Å²) in [4.78, 5) is 70.0. The number of hydrogen-bond donors (Lipinski definition) is 2. The topological polar surface area (TPSA) is 163 Å². The van der Waals surface area contributed by atoms with Crippen LogP contribution in [0.15, 0.2) is 36.0 Å². The number of anilines is 1. The van der Waals surface area contributed by atoms with E-state index in [0.717, 1.165) is 10.6 Å². The number of methoxy groups -OCH3 is 1. The predicted octanol–water partition coefficient (Wildman–Crippen LogP) is 6.65. The standard InChI is InChI=1S/C52H65ClF5N9O7.Os/c1-30(2)42(65-16-12-51(49(65)71)11-15-64(27-51)47(69)45(53)55)26-60-39-10-13-59-31(3)34-22-35-37(24-50(5,6)29-74-48(70)40-9-8-14-67(62-40)46(39)68)44(66(28-52(56,57)58)41(35)23-38(34)54)36-21-33(63-17-19-73-20-18-63)25-61-43(36)32(4)72-7;/h13,21-23,25,30,32,39-40,42,45,60,62H,3,8-12,14-20,24,27-29H2,1-2,4-7H3;/t32-,39-,40-,42+,45-,51-;/m0./s1. The zero-order valence-corrected chi connectivity index (χ0v) is 46.3. The van der Waals surface area contributed by atoms with Gasteiger partial charge in [0.1, 0.15) is 6.54 Å². The van der Waals surface area contributed by atoms with E-state index in [1.54, 1.807) is 24.1 Å². The Labute approximate surface area is 448 Å². The number of hydrazine groups is 1. The van der Waals surface area contributed by atoms with Crippen LogP contribution in [0.5, 0.6) is 0 Å². The number of likely N-dealkylation sites (tertiary alicyclic amines) is 2. The van der Waals surface area contributed by atoms with Crippen LogP contribution in [0.3, 0.4) is 0 Å². The monoisotopic (exact) mass is 1250 g/mol. The molecule has 410 valence electrons. The number of carbonyl (C=O) groups is 4. The number of esters is 1. The van der Waals surface area contributed by atoms with E-state index in [1.165, 1.54) is 47.4 Å². The minimum absolute atomic E-state index is 0.0388. The third kappa shape index (κ3) is 12.1. The second kappa shape index (κ2) is 22.7. The van der Waals surface area contributed by atoms with Crippen LogP contribution in [0.2, 0.25) is 0 Å². The SMILES string of the molecule is C=C1N=CC[C@H](N[C](=[Os])[C@H](C(C)C)N2CC[C@]3(CCN(C(=O)[C@H](F)Cl)C3)C2=O)C(=O)N2CCC[C@H](N2)C(=O)OCC(C)(C)Cc2c(-c3cc(N4CCOCC4)cnc3[C@H](C)OC)n(CC(F)(F)F)c3cc(F)c1cc23. The first-order valence-corrected chi connectivity index (χ1v) is 27.0. The molecule has 1 spiro atoms. The van der Waals surface area contributed by atoms with Crippen molar-refractivity contribution >= 4 is 68.0 Å². The second-order valence-corrected chi connectivity index (χ2v) is 23.0. The molecule has 0 unspecified atom stereocenters. The summed E-state index contributed by atoms with van der Waals surface area (Å²) >= 11 is 6.99. The Kier molecular flexibility index (Phi) is 17.1. The third-order valence-electron chi connectivity index (χ3n) is 15.0. The van der Waals surface area contributed by atoms with Crippen molar-refractivity contribution in [2.45, 2.75) is 116 Å². The van der Waals surface area contributed by atoms with Crippen molar-refractivity contribution in [1.82, 2.24) is 35.1 Å². The van der Waals surface area contributed by atoms with E-state index in [1.807, 2.05) is 32.6 Å². The van der Waals surface area contributed by atoms with Gasteiger partial charge in [-0.05, 0) is 13.0 Å². The van der Waals surface area contributed by atoms with Crippen LogP contribution in [0.1, 0.15) is 89.6 Å². The number of hydrogen-bond acceptors (Lipinski definition) is 12. The van der Waals surface area contributed by atoms with Crippen LogP contribution >= 0.6 is 11.6 Å². The third-order valence-corrected chi connectivity index (χ3v) is 16.3. The summed E-state index contributed by atoms with van der Waals surface area (Å²) in [5.41, 5.74) is 0.790. The van der Waals surface area contributed by atoms with E-state index in [0.29, 0.717) is 90.6 Å². The van der Waals surface area contributed by atoms with Crippen molar-refractivity contribution in [3.8, 4) is 11.3 Å². The van der Waals surface area contributed by atoms with Crippen molar-refractivity contribution in [2.24, 2.45) is 21.7 Å². The molecule has 4 saturated heterocycles. The number of aromatic nitrogens is 2. The number of benzene rings is 1. The van der Waals surface area contributed by atoms with Gasteiger partial charge in [0.25, 0.3) is 0 Å². The molecule has 75 heavy (non-hydrogen) atoms. The van der Waals surface area contributed by atoms with E-state index in [2.05, 4.69) is 22.3 Å². The molecule has 4 bridgehead atoms. The number of nitrogens with zero attached hydrogens (tertiary/aromatic N) is 7. The maximum atomic E-state index is 16.8. The van der Waals surface area contributed by atoms with E-state index in [4.69, 9.17) is 30.8 Å². The van der Waals surface area contributed by atoms with Gasteiger partial charge in [-0.1, -0.05) is 0 Å². The molecular formula is C52H65ClF5N9O7Os. The van der Waals surface area contributed by atoms with Crippen LogP contribution in [0.25, 0.3) is 27.9 Å². The molecule has 0 radical (unpaired) electrons. The van der Waals surface area contributed by atoms with Crippen LogP contribution in [-0.2, 0) is 64.5 Å². The summed E-state index contributed by atoms with van der Waals surface area (Å²) in [6, 6.07) is 1.83. The van der Waals surface area contributed by atoms with Gasteiger partial charge >= 0.3 is 335 Å². The van der Waals surface area contributed by atoms with Crippen molar-refractivity contribution in [3.05, 3.63) is 53.6 Å². The fourth-order valence-corrected chi connectivity index (χ4v) is 12.9. The van der Waals surface area contributed by atoms with Gasteiger partial charge in [0.15, 0.2) is 0 Å². The Morgan fingerprint density at radius 3 is 2.47 bits per heavy atom. The first-order chi connectivity index (χ1) is 35.4. The number of aliphatic imine (C=N–C) groups is 1. The molecule has 16 nitrogen and oxygen atoms in total. The molecule has 5 aliphatic heterocycles. The number of rotatable bonds is 11. The average Bonchev–Trinajstić information content (AvgIpc) is 4.03. The summed E-state index contributed by atoms with van der Waals surface area (Å²) < 4.78 is 94.6. The van der Waals surface area contributed by atoms with Crippen molar-refractivity contribution in [1.29, 1.82) is 0 Å². The summed E-state index contributed by atoms with van der Waals surface area (Å²) in [7, 11) is 1.48. The number of amides is 3. The van der Waals surface area contributed by atoms with Gasteiger partial charge < -0.3 is 14.4 Å². The van der Waals surface area contributed by atoms with Crippen molar-refractivity contribution in [2.75, 3.05) is 71.1 Å². The normalized spacial score (nSPS) is 24.3. The summed E-state index contributed by atoms with van der Waals surface area (Å²) in [6.07, 6.45) is -0.807. The van der Waals surface area contributed by atoms with Gasteiger partial charge in [0, 0.05) is 25.8 Å². The van der Waals surface area contributed by atoms with Gasteiger partial charge in [-0.25, -0.2) is 0 Å². The molecule has 2 aromatic heterocycles. The molecule has 4 fully saturated rings. The Morgan fingerprint density at radius 1 is 1.07 bits per heavy atom. The van der Waals surface area contributed by atoms with Crippen molar-refractivity contribution in [3.63, 3.8) is 0 Å². The van der Waals surface area contributed by atoms with E-state index < -0.39 is 77.0 Å². The van der Waals surface area contributed by atoms with Gasteiger partial charge in [0.05, 0.1) is 36.9 Å². The second-order valence-electron chi connectivity index (χ2n) is 21.3. The zero-order chi connectivity index (χ0) is 54.3. The fourth-order valence-electron chi connectivity index (χ4n) is 11.0. The number of morpholine rings is 1. The summed E-state index contributed by atoms with van der Waals surface area (Å²) in [6.45, 7) is 14.5. The zero-order valence-electron chi connectivity index (χ0n) is 43.0. The number of fused-ring (bicyclic) bond motifs is 3. The average molecular weight is 1250 g/mol. The summed E-state index contributed by atoms with van der Waals surface area (Å²) in [5, 5.41) is 5.05. The number of ether oxygens (including phenoxy) is 3. The van der Waals surface area contributed by atoms with E-state index in [9.17, 15) is 36.7 Å². The summed E-state index contributed by atoms with van der Waals surface area (Å²) in [5.74, 6) is -3.18. The van der Waals surface area contributed by atoms with E-state index >= 15 is 4.39 Å². The number of pyridine rings is 1. The molecule has 3 amide bonds. The first kappa shape index (κ1) is 56.5. The molecule has 0 saturated carbocycles. The fraction of sp³-hybridized carbons (Fsp3) is 0.596. The molecule has 7 heterocycles. The van der Waals surface area contributed by atoms with Gasteiger partial charge in [-0.2, -0.15) is 13.2 Å². The van der Waals surface area contributed by atoms with Crippen LogP contribution < -0.4 is 15.6 Å². The molecule has 0 aliphatic carbocycles. The molecule has 1 aromatic carbocycles. The van der Waals surface area contributed by atoms with Gasteiger partial charge in [-0.15, -0.1) is 0 Å². The predicted molar refractivity (Wildman–Crippen MR) is 269 cm³/mol. The molecule has 2 N–H and O–H groups in total. The number of carbonyl (C=O) groups excluding carboxylic acids is 4. The van der Waals surface area contributed by atoms with Crippen LogP contribution in [0, 0.1) is 22.6 Å². The number of nitrogens with one attached hydrogen (secondary N) is 2. The Bertz CT molecular complexity index is 2750. The molecule has 3 aromatic rings.